The van der Waals surface area contributed by atoms with Crippen molar-refractivity contribution in [1.82, 2.24) is 14.9 Å². The summed E-state index contributed by atoms with van der Waals surface area (Å²) in [5.74, 6) is 0.853. The summed E-state index contributed by atoms with van der Waals surface area (Å²) < 4.78 is 0. The Morgan fingerprint density at radius 3 is 2.55 bits per heavy atom. The van der Waals surface area contributed by atoms with Crippen molar-refractivity contribution in [3.8, 4) is 0 Å². The average Bonchev–Trinajstić information content (AvgIpc) is 2.75. The second-order valence-corrected chi connectivity index (χ2v) is 7.90. The van der Waals surface area contributed by atoms with E-state index in [1.54, 1.807) is 18.5 Å². The summed E-state index contributed by atoms with van der Waals surface area (Å²) in [6.07, 6.45) is 2.01. The molecule has 1 atom stereocenters. The third-order valence-corrected chi connectivity index (χ3v) is 5.91. The molecule has 2 N–H and O–H groups in total. The van der Waals surface area contributed by atoms with Crippen LogP contribution in [-0.4, -0.2) is 53.0 Å². The van der Waals surface area contributed by atoms with E-state index >= 15 is 0 Å². The second-order valence-electron chi connectivity index (χ2n) is 7.09. The number of amides is 1. The van der Waals surface area contributed by atoms with Crippen LogP contribution < -0.4 is 10.6 Å². The van der Waals surface area contributed by atoms with Crippen LogP contribution in [0, 0.1) is 0 Å². The van der Waals surface area contributed by atoms with Crippen LogP contribution in [0.1, 0.15) is 5.56 Å². The normalized spacial score (nSPS) is 15.6. The van der Waals surface area contributed by atoms with Crippen LogP contribution in [0.25, 0.3) is 10.9 Å². The van der Waals surface area contributed by atoms with Crippen molar-refractivity contribution in [3.05, 3.63) is 64.4 Å². The van der Waals surface area contributed by atoms with E-state index in [0.29, 0.717) is 42.6 Å². The number of hydrogen-bond donors (Lipinski definition) is 1. The van der Waals surface area contributed by atoms with E-state index in [2.05, 4.69) is 14.9 Å². The van der Waals surface area contributed by atoms with E-state index in [9.17, 15) is 4.79 Å². The predicted molar refractivity (Wildman–Crippen MR) is 116 cm³/mol. The molecule has 0 saturated carbocycles. The molecule has 1 saturated heterocycles. The third kappa shape index (κ3) is 4.29. The van der Waals surface area contributed by atoms with E-state index in [-0.39, 0.29) is 5.91 Å². The van der Waals surface area contributed by atoms with Gasteiger partial charge in [-0.3, -0.25) is 4.79 Å². The minimum atomic E-state index is -0.612. The highest BCUT2D eigenvalue weighted by atomic mass is 35.5. The highest BCUT2D eigenvalue weighted by Crippen LogP contribution is 2.25. The molecule has 2 aromatic carbocycles. The lowest BCUT2D eigenvalue weighted by atomic mass is 10.1. The van der Waals surface area contributed by atoms with Gasteiger partial charge in [-0.05, 0) is 36.2 Å². The van der Waals surface area contributed by atoms with Gasteiger partial charge in [-0.25, -0.2) is 9.97 Å². The molecule has 1 fully saturated rings. The fourth-order valence-electron chi connectivity index (χ4n) is 3.62. The van der Waals surface area contributed by atoms with Gasteiger partial charge in [0, 0.05) is 31.6 Å². The molecule has 0 unspecified atom stereocenters. The van der Waals surface area contributed by atoms with Gasteiger partial charge in [-0.1, -0.05) is 41.4 Å². The lowest BCUT2D eigenvalue weighted by molar-refractivity contribution is -0.132. The molecule has 150 valence electrons. The molecular formula is C21H21Cl2N5O. The first-order valence-corrected chi connectivity index (χ1v) is 10.2. The Kier molecular flexibility index (Phi) is 5.85. The minimum absolute atomic E-state index is 0.0525. The summed E-state index contributed by atoms with van der Waals surface area (Å²) in [5, 5.41) is 1.98. The van der Waals surface area contributed by atoms with Gasteiger partial charge in [0.05, 0.1) is 21.6 Å². The highest BCUT2D eigenvalue weighted by Gasteiger charge is 2.26. The Hall–Kier alpha value is -2.41. The van der Waals surface area contributed by atoms with E-state index < -0.39 is 6.04 Å². The molecule has 0 spiro atoms. The number of benzene rings is 2. The van der Waals surface area contributed by atoms with Crippen LogP contribution >= 0.6 is 23.2 Å². The van der Waals surface area contributed by atoms with E-state index in [0.717, 1.165) is 22.3 Å². The molecule has 2 heterocycles. The zero-order chi connectivity index (χ0) is 20.4. The first kappa shape index (κ1) is 19.9. The van der Waals surface area contributed by atoms with Crippen molar-refractivity contribution in [1.29, 1.82) is 0 Å². The van der Waals surface area contributed by atoms with Crippen molar-refractivity contribution in [2.45, 2.75) is 12.5 Å². The SMILES string of the molecule is N[C@H](Cc1ccc(Cl)c(Cl)c1)C(=O)N1CCN(c2ncnc3ccccc23)CC1. The number of carbonyl (C=O) groups is 1. The number of rotatable bonds is 4. The van der Waals surface area contributed by atoms with Crippen LogP contribution in [0.3, 0.4) is 0 Å². The number of nitrogens with two attached hydrogens (primary N) is 1. The third-order valence-electron chi connectivity index (χ3n) is 5.17. The van der Waals surface area contributed by atoms with Gasteiger partial charge in [0.15, 0.2) is 0 Å². The molecular weight excluding hydrogens is 409 g/mol. The number of halogens is 2. The fourth-order valence-corrected chi connectivity index (χ4v) is 3.94. The van der Waals surface area contributed by atoms with Crippen LogP contribution in [0.2, 0.25) is 10.0 Å². The quantitative estimate of drug-likeness (QED) is 0.689. The molecule has 6 nitrogen and oxygen atoms in total. The number of anilines is 1. The topological polar surface area (TPSA) is 75.4 Å². The van der Waals surface area contributed by atoms with E-state index in [1.807, 2.05) is 35.2 Å². The molecule has 1 aliphatic heterocycles. The van der Waals surface area contributed by atoms with Gasteiger partial charge in [0.25, 0.3) is 0 Å². The number of hydrogen-bond acceptors (Lipinski definition) is 5. The van der Waals surface area contributed by atoms with Crippen molar-refractivity contribution in [3.63, 3.8) is 0 Å². The standard InChI is InChI=1S/C21H21Cl2N5O/c22-16-6-5-14(11-17(16)23)12-18(24)21(29)28-9-7-27(8-10-28)20-15-3-1-2-4-19(15)25-13-26-20/h1-6,11,13,18H,7-10,12,24H2/t18-/m1/s1. The van der Waals surface area contributed by atoms with Gasteiger partial charge < -0.3 is 15.5 Å². The van der Waals surface area contributed by atoms with E-state index in [1.165, 1.54) is 0 Å². The Labute approximate surface area is 179 Å². The van der Waals surface area contributed by atoms with Gasteiger partial charge in [0.1, 0.15) is 12.1 Å². The Bertz CT molecular complexity index is 1030. The summed E-state index contributed by atoms with van der Waals surface area (Å²) in [6, 6.07) is 12.7. The Morgan fingerprint density at radius 2 is 1.79 bits per heavy atom. The molecule has 8 heteroatoms. The molecule has 0 bridgehead atoms. The van der Waals surface area contributed by atoms with E-state index in [4.69, 9.17) is 28.9 Å². The Balaban J connectivity index is 1.39. The first-order valence-electron chi connectivity index (χ1n) is 9.46. The molecule has 0 aliphatic carbocycles. The number of aromatic nitrogens is 2. The van der Waals surface area contributed by atoms with Crippen molar-refractivity contribution in [2.24, 2.45) is 5.73 Å². The summed E-state index contributed by atoms with van der Waals surface area (Å²) >= 11 is 12.0. The summed E-state index contributed by atoms with van der Waals surface area (Å²) in [6.45, 7) is 2.61. The van der Waals surface area contributed by atoms with Crippen LogP contribution in [0.5, 0.6) is 0 Å². The minimum Gasteiger partial charge on any atom is -0.352 e. The number of nitrogens with zero attached hydrogens (tertiary/aromatic N) is 4. The van der Waals surface area contributed by atoms with Gasteiger partial charge >= 0.3 is 0 Å². The molecule has 29 heavy (non-hydrogen) atoms. The van der Waals surface area contributed by atoms with Crippen molar-refractivity contribution < 1.29 is 4.79 Å². The van der Waals surface area contributed by atoms with Gasteiger partial charge in [0.2, 0.25) is 5.91 Å². The first-order chi connectivity index (χ1) is 14.0. The Morgan fingerprint density at radius 1 is 1.03 bits per heavy atom. The van der Waals surface area contributed by atoms with Gasteiger partial charge in [-0.2, -0.15) is 0 Å². The zero-order valence-corrected chi connectivity index (χ0v) is 17.3. The number of para-hydroxylation sites is 1. The molecule has 1 aliphatic rings. The smallest absolute Gasteiger partial charge is 0.239 e. The second kappa shape index (κ2) is 8.53. The fraction of sp³-hybridized carbons (Fsp3) is 0.286. The highest BCUT2D eigenvalue weighted by molar-refractivity contribution is 6.42. The monoisotopic (exact) mass is 429 g/mol. The molecule has 3 aromatic rings. The maximum atomic E-state index is 12.8. The number of piperazine rings is 1. The summed E-state index contributed by atoms with van der Waals surface area (Å²) in [7, 11) is 0. The van der Waals surface area contributed by atoms with Crippen molar-refractivity contribution in [2.75, 3.05) is 31.1 Å². The van der Waals surface area contributed by atoms with Crippen LogP contribution in [-0.2, 0) is 11.2 Å². The van der Waals surface area contributed by atoms with Crippen LogP contribution in [0.15, 0.2) is 48.8 Å². The van der Waals surface area contributed by atoms with Gasteiger partial charge in [-0.15, -0.1) is 0 Å². The van der Waals surface area contributed by atoms with Crippen molar-refractivity contribution >= 4 is 45.8 Å². The average molecular weight is 430 g/mol. The maximum Gasteiger partial charge on any atom is 0.239 e. The molecule has 0 radical (unpaired) electrons. The maximum absolute atomic E-state index is 12.8. The lowest BCUT2D eigenvalue weighted by Gasteiger charge is -2.36. The largest absolute Gasteiger partial charge is 0.352 e. The summed E-state index contributed by atoms with van der Waals surface area (Å²) in [4.78, 5) is 25.6. The zero-order valence-electron chi connectivity index (χ0n) is 15.8. The summed E-state index contributed by atoms with van der Waals surface area (Å²) in [5.41, 5.74) is 8.00. The molecule has 4 rings (SSSR count). The predicted octanol–water partition coefficient (Wildman–Crippen LogP) is 3.16. The lowest BCUT2D eigenvalue weighted by Crippen LogP contribution is -2.53. The number of carbonyl (C=O) groups excluding carboxylic acids is 1. The molecule has 1 amide bonds. The number of fused-ring (bicyclic) bond motifs is 1. The molecule has 1 aromatic heterocycles. The van der Waals surface area contributed by atoms with Crippen LogP contribution in [0.4, 0.5) is 5.82 Å².